The van der Waals surface area contributed by atoms with E-state index in [-0.39, 0.29) is 11.5 Å². The lowest BCUT2D eigenvalue weighted by molar-refractivity contribution is -0.131. The summed E-state index contributed by atoms with van der Waals surface area (Å²) in [5.41, 5.74) is 0.488. The van der Waals surface area contributed by atoms with Gasteiger partial charge in [-0.1, -0.05) is 0 Å². The minimum Gasteiger partial charge on any atom is -0.497 e. The summed E-state index contributed by atoms with van der Waals surface area (Å²) in [5.74, 6) is 0.672. The largest absolute Gasteiger partial charge is 0.497 e. The van der Waals surface area contributed by atoms with Crippen molar-refractivity contribution in [3.05, 3.63) is 36.1 Å². The molecule has 0 aliphatic rings. The summed E-state index contributed by atoms with van der Waals surface area (Å²) in [6.45, 7) is 2.76. The Bertz CT molecular complexity index is 904. The number of carbonyl (C=O) groups excluding carboxylic acids is 2. The lowest BCUT2D eigenvalue weighted by Crippen LogP contribution is -2.02. The molecule has 0 radical (unpaired) electrons. The average molecular weight is 298 g/mol. The van der Waals surface area contributed by atoms with Crippen molar-refractivity contribution in [3.8, 4) is 11.5 Å². The topological polar surface area (TPSA) is 65.7 Å². The number of esters is 1. The van der Waals surface area contributed by atoms with Crippen LogP contribution in [0, 0.1) is 0 Å². The molecule has 0 atom stereocenters. The molecule has 0 fully saturated rings. The fourth-order valence-corrected chi connectivity index (χ4v) is 2.40. The van der Waals surface area contributed by atoms with Gasteiger partial charge < -0.3 is 13.9 Å². The van der Waals surface area contributed by atoms with Crippen molar-refractivity contribution in [2.75, 3.05) is 7.11 Å². The second kappa shape index (κ2) is 5.18. The predicted molar refractivity (Wildman–Crippen MR) is 81.6 cm³/mol. The maximum absolute atomic E-state index is 11.5. The highest BCUT2D eigenvalue weighted by molar-refractivity contribution is 6.07. The third kappa shape index (κ3) is 2.30. The zero-order valence-electron chi connectivity index (χ0n) is 12.4. The number of rotatable bonds is 3. The quantitative estimate of drug-likeness (QED) is 0.419. The van der Waals surface area contributed by atoms with E-state index in [1.165, 1.54) is 13.8 Å². The molecule has 1 aromatic heterocycles. The van der Waals surface area contributed by atoms with Crippen molar-refractivity contribution in [1.29, 1.82) is 0 Å². The predicted octanol–water partition coefficient (Wildman–Crippen LogP) is 3.72. The highest BCUT2D eigenvalue weighted by atomic mass is 16.5. The van der Waals surface area contributed by atoms with Crippen LogP contribution in [-0.4, -0.2) is 18.9 Å². The normalized spacial score (nSPS) is 10.9. The van der Waals surface area contributed by atoms with Gasteiger partial charge in [-0.2, -0.15) is 0 Å². The van der Waals surface area contributed by atoms with Gasteiger partial charge >= 0.3 is 5.97 Å². The molecule has 0 N–H and O–H groups in total. The van der Waals surface area contributed by atoms with E-state index >= 15 is 0 Å². The number of ketones is 1. The Hall–Kier alpha value is -2.82. The summed E-state index contributed by atoms with van der Waals surface area (Å²) in [7, 11) is 1.58. The molecule has 5 nitrogen and oxygen atoms in total. The zero-order chi connectivity index (χ0) is 15.9. The van der Waals surface area contributed by atoms with Gasteiger partial charge in [0.25, 0.3) is 0 Å². The van der Waals surface area contributed by atoms with Crippen LogP contribution < -0.4 is 9.47 Å². The monoisotopic (exact) mass is 298 g/mol. The molecule has 0 aliphatic carbocycles. The fourth-order valence-electron chi connectivity index (χ4n) is 2.40. The Morgan fingerprint density at radius 2 is 1.82 bits per heavy atom. The van der Waals surface area contributed by atoms with Crippen molar-refractivity contribution in [1.82, 2.24) is 0 Å². The van der Waals surface area contributed by atoms with Crippen LogP contribution in [0.3, 0.4) is 0 Å². The molecule has 0 aliphatic heterocycles. The molecule has 3 aromatic rings. The molecule has 2 aromatic carbocycles. The van der Waals surface area contributed by atoms with Crippen molar-refractivity contribution in [2.45, 2.75) is 13.8 Å². The van der Waals surface area contributed by atoms with Crippen LogP contribution in [0.25, 0.3) is 21.7 Å². The number of benzene rings is 2. The average Bonchev–Trinajstić information content (AvgIpc) is 2.90. The van der Waals surface area contributed by atoms with E-state index in [2.05, 4.69) is 0 Å². The van der Waals surface area contributed by atoms with Gasteiger partial charge in [-0.15, -0.1) is 0 Å². The number of fused-ring (bicyclic) bond motifs is 2. The number of carbonyl (C=O) groups is 2. The van der Waals surface area contributed by atoms with E-state index in [1.807, 2.05) is 12.1 Å². The Kier molecular flexibility index (Phi) is 3.33. The van der Waals surface area contributed by atoms with Crippen molar-refractivity contribution in [3.63, 3.8) is 0 Å². The smallest absolute Gasteiger partial charge is 0.308 e. The SMILES string of the molecule is COc1ccc2c(OC(C)=O)c3cc(C(C)=O)oc3cc2c1. The molecule has 112 valence electrons. The Balaban J connectivity index is 2.38. The Morgan fingerprint density at radius 1 is 1.05 bits per heavy atom. The van der Waals surface area contributed by atoms with Crippen LogP contribution in [0.2, 0.25) is 0 Å². The van der Waals surface area contributed by atoms with Gasteiger partial charge in [0.15, 0.2) is 11.5 Å². The lowest BCUT2D eigenvalue weighted by Gasteiger charge is -2.09. The van der Waals surface area contributed by atoms with E-state index in [0.29, 0.717) is 22.5 Å². The molecule has 5 heteroatoms. The van der Waals surface area contributed by atoms with Gasteiger partial charge in [-0.3, -0.25) is 9.59 Å². The fraction of sp³-hybridized carbons (Fsp3) is 0.176. The minimum absolute atomic E-state index is 0.188. The van der Waals surface area contributed by atoms with E-state index in [4.69, 9.17) is 13.9 Å². The second-order valence-corrected chi connectivity index (χ2v) is 4.97. The van der Waals surface area contributed by atoms with Crippen molar-refractivity contribution in [2.24, 2.45) is 0 Å². The van der Waals surface area contributed by atoms with Gasteiger partial charge in [0.1, 0.15) is 17.1 Å². The molecule has 0 unspecified atom stereocenters. The van der Waals surface area contributed by atoms with Crippen LogP contribution in [0.15, 0.2) is 34.7 Å². The maximum Gasteiger partial charge on any atom is 0.308 e. The summed E-state index contributed by atoms with van der Waals surface area (Å²) >= 11 is 0. The van der Waals surface area contributed by atoms with Crippen molar-refractivity contribution >= 4 is 33.5 Å². The van der Waals surface area contributed by atoms with Crippen LogP contribution in [0.1, 0.15) is 24.4 Å². The third-order valence-electron chi connectivity index (χ3n) is 3.39. The zero-order valence-corrected chi connectivity index (χ0v) is 12.4. The molecule has 3 rings (SSSR count). The summed E-state index contributed by atoms with van der Waals surface area (Å²) in [6.07, 6.45) is 0. The lowest BCUT2D eigenvalue weighted by atomic mass is 10.1. The second-order valence-electron chi connectivity index (χ2n) is 4.97. The Morgan fingerprint density at radius 3 is 2.45 bits per heavy atom. The van der Waals surface area contributed by atoms with Gasteiger partial charge in [0.05, 0.1) is 12.5 Å². The number of Topliss-reactive ketones (excluding diaryl/α,β-unsaturated/α-hetero) is 1. The molecular weight excluding hydrogens is 284 g/mol. The van der Waals surface area contributed by atoms with E-state index in [0.717, 1.165) is 10.8 Å². The summed E-state index contributed by atoms with van der Waals surface area (Å²) in [6, 6.07) is 8.81. The summed E-state index contributed by atoms with van der Waals surface area (Å²) in [5, 5.41) is 2.14. The van der Waals surface area contributed by atoms with Gasteiger partial charge in [0.2, 0.25) is 0 Å². The summed E-state index contributed by atoms with van der Waals surface area (Å²) < 4.78 is 16.1. The number of hydrogen-bond acceptors (Lipinski definition) is 5. The highest BCUT2D eigenvalue weighted by Crippen LogP contribution is 2.38. The molecule has 22 heavy (non-hydrogen) atoms. The van der Waals surface area contributed by atoms with Crippen LogP contribution >= 0.6 is 0 Å². The van der Waals surface area contributed by atoms with Gasteiger partial charge in [0, 0.05) is 19.2 Å². The van der Waals surface area contributed by atoms with Crippen LogP contribution in [0.4, 0.5) is 0 Å². The Labute approximate surface area is 126 Å². The molecule has 0 bridgehead atoms. The summed E-state index contributed by atoms with van der Waals surface area (Å²) in [4.78, 5) is 22.9. The third-order valence-corrected chi connectivity index (χ3v) is 3.39. The highest BCUT2D eigenvalue weighted by Gasteiger charge is 2.17. The number of methoxy groups -OCH3 is 1. The first-order valence-corrected chi connectivity index (χ1v) is 6.73. The molecule has 0 saturated heterocycles. The first-order valence-electron chi connectivity index (χ1n) is 6.73. The number of furan rings is 1. The molecule has 0 amide bonds. The van der Waals surface area contributed by atoms with Gasteiger partial charge in [-0.05, 0) is 35.7 Å². The first kappa shape index (κ1) is 14.1. The first-order chi connectivity index (χ1) is 10.5. The van der Waals surface area contributed by atoms with Crippen LogP contribution in [-0.2, 0) is 4.79 Å². The standard InChI is InChI=1S/C17H14O5/c1-9(18)15-8-14-16(22-15)7-11-6-12(20-3)4-5-13(11)17(14)21-10(2)19/h4-8H,1-3H3. The van der Waals surface area contributed by atoms with E-state index in [9.17, 15) is 9.59 Å². The maximum atomic E-state index is 11.5. The molecule has 0 saturated carbocycles. The number of ether oxygens (including phenoxy) is 2. The van der Waals surface area contributed by atoms with E-state index < -0.39 is 5.97 Å². The van der Waals surface area contributed by atoms with Gasteiger partial charge in [-0.25, -0.2) is 0 Å². The van der Waals surface area contributed by atoms with E-state index in [1.54, 1.807) is 25.3 Å². The molecular formula is C17H14O5. The number of hydrogen-bond donors (Lipinski definition) is 0. The minimum atomic E-state index is -0.435. The van der Waals surface area contributed by atoms with Crippen molar-refractivity contribution < 1.29 is 23.5 Å². The van der Waals surface area contributed by atoms with Crippen LogP contribution in [0.5, 0.6) is 11.5 Å². The molecule has 0 spiro atoms. The molecule has 1 heterocycles.